The van der Waals surface area contributed by atoms with Gasteiger partial charge in [-0.2, -0.15) is 0 Å². The molecule has 0 spiro atoms. The van der Waals surface area contributed by atoms with E-state index in [2.05, 4.69) is 19.9 Å². The van der Waals surface area contributed by atoms with Crippen LogP contribution in [-0.2, 0) is 19.0 Å². The molecule has 0 amide bonds. The minimum absolute atomic E-state index is 0.0550. The van der Waals surface area contributed by atoms with Crippen molar-refractivity contribution in [2.75, 3.05) is 6.61 Å². The van der Waals surface area contributed by atoms with Gasteiger partial charge in [0.1, 0.15) is 18.8 Å². The van der Waals surface area contributed by atoms with Gasteiger partial charge in [-0.15, -0.1) is 0 Å². The van der Waals surface area contributed by atoms with Crippen molar-refractivity contribution < 1.29 is 28.9 Å². The van der Waals surface area contributed by atoms with Crippen LogP contribution in [-0.4, -0.2) is 48.1 Å². The smallest absolute Gasteiger partial charge is 0.338 e. The molecule has 0 unspecified atom stereocenters. The van der Waals surface area contributed by atoms with Crippen molar-refractivity contribution >= 4 is 11.9 Å². The predicted molar refractivity (Wildman–Crippen MR) is 105 cm³/mol. The number of esters is 2. The molecular weight excluding hydrogens is 372 g/mol. The third-order valence-electron chi connectivity index (χ3n) is 7.14. The van der Waals surface area contributed by atoms with Gasteiger partial charge >= 0.3 is 11.9 Å². The number of benzene rings is 1. The Bertz CT molecular complexity index is 833. The Hall–Kier alpha value is -2.18. The lowest BCUT2D eigenvalue weighted by Gasteiger charge is -2.56. The van der Waals surface area contributed by atoms with Crippen molar-refractivity contribution in [3.05, 3.63) is 47.5 Å². The summed E-state index contributed by atoms with van der Waals surface area (Å²) >= 11 is 0. The van der Waals surface area contributed by atoms with E-state index in [9.17, 15) is 14.7 Å². The Labute approximate surface area is 170 Å². The third kappa shape index (κ3) is 3.19. The van der Waals surface area contributed by atoms with Crippen molar-refractivity contribution in [2.24, 2.45) is 10.8 Å². The molecule has 1 aliphatic heterocycles. The van der Waals surface area contributed by atoms with E-state index in [0.29, 0.717) is 12.0 Å². The second-order valence-corrected chi connectivity index (χ2v) is 8.85. The number of hydrogen-bond acceptors (Lipinski definition) is 6. The SMILES string of the molecule is CC(=O)O[C@@H]1C[C@@]2(COC(=O)c3ccccc3)[C@H](O)[C@@H]1O[C@@H]1C=C(C)CC[C@@]12C. The van der Waals surface area contributed by atoms with E-state index in [-0.39, 0.29) is 12.7 Å². The van der Waals surface area contributed by atoms with Crippen LogP contribution in [0, 0.1) is 10.8 Å². The summed E-state index contributed by atoms with van der Waals surface area (Å²) in [5.41, 5.74) is 0.526. The van der Waals surface area contributed by atoms with Crippen molar-refractivity contribution in [1.29, 1.82) is 0 Å². The van der Waals surface area contributed by atoms with Crippen LogP contribution < -0.4 is 0 Å². The van der Waals surface area contributed by atoms with E-state index in [1.807, 2.05) is 6.07 Å². The molecule has 1 heterocycles. The fourth-order valence-electron chi connectivity index (χ4n) is 5.35. The van der Waals surface area contributed by atoms with Crippen LogP contribution in [0.15, 0.2) is 42.0 Å². The van der Waals surface area contributed by atoms with Crippen LogP contribution >= 0.6 is 0 Å². The van der Waals surface area contributed by atoms with Crippen LogP contribution in [0.1, 0.15) is 50.4 Å². The predicted octanol–water partition coefficient (Wildman–Crippen LogP) is 3.04. The average molecular weight is 400 g/mol. The van der Waals surface area contributed by atoms with Crippen molar-refractivity contribution in [3.8, 4) is 0 Å². The molecule has 6 nitrogen and oxygen atoms in total. The number of carbonyl (C=O) groups is 2. The molecule has 6 atom stereocenters. The van der Waals surface area contributed by atoms with E-state index in [4.69, 9.17) is 14.2 Å². The highest BCUT2D eigenvalue weighted by Crippen LogP contribution is 2.63. The molecule has 156 valence electrons. The number of carbonyl (C=O) groups excluding carboxylic acids is 2. The summed E-state index contributed by atoms with van der Waals surface area (Å²) in [6.07, 6.45) is 1.90. The largest absolute Gasteiger partial charge is 0.461 e. The van der Waals surface area contributed by atoms with E-state index in [0.717, 1.165) is 12.8 Å². The molecule has 3 aliphatic rings. The third-order valence-corrected chi connectivity index (χ3v) is 7.14. The van der Waals surface area contributed by atoms with Gasteiger partial charge in [-0.1, -0.05) is 36.8 Å². The Morgan fingerprint density at radius 3 is 2.69 bits per heavy atom. The van der Waals surface area contributed by atoms with Crippen LogP contribution in [0.2, 0.25) is 0 Å². The zero-order valence-electron chi connectivity index (χ0n) is 17.1. The number of rotatable bonds is 4. The molecule has 2 bridgehead atoms. The quantitative estimate of drug-likeness (QED) is 0.618. The van der Waals surface area contributed by atoms with Gasteiger partial charge in [0.05, 0.1) is 17.8 Å². The van der Waals surface area contributed by atoms with Crippen molar-refractivity contribution in [1.82, 2.24) is 0 Å². The second kappa shape index (κ2) is 7.26. The van der Waals surface area contributed by atoms with Gasteiger partial charge in [-0.3, -0.25) is 4.79 Å². The summed E-state index contributed by atoms with van der Waals surface area (Å²) in [6, 6.07) is 8.82. The first-order chi connectivity index (χ1) is 13.8. The van der Waals surface area contributed by atoms with Gasteiger partial charge in [-0.25, -0.2) is 4.79 Å². The highest BCUT2D eigenvalue weighted by atomic mass is 16.6. The first-order valence-electron chi connectivity index (χ1n) is 10.2. The molecule has 2 aliphatic carbocycles. The normalized spacial score (nSPS) is 38.0. The number of aliphatic hydroxyl groups is 1. The van der Waals surface area contributed by atoms with Crippen LogP contribution in [0.3, 0.4) is 0 Å². The van der Waals surface area contributed by atoms with Gasteiger partial charge in [0.2, 0.25) is 0 Å². The lowest BCUT2D eigenvalue weighted by Crippen LogP contribution is -2.62. The minimum atomic E-state index is -0.886. The molecule has 1 aromatic carbocycles. The topological polar surface area (TPSA) is 82.1 Å². The molecular formula is C23H28O6. The zero-order valence-corrected chi connectivity index (χ0v) is 17.1. The molecule has 0 radical (unpaired) electrons. The van der Waals surface area contributed by atoms with E-state index in [1.54, 1.807) is 24.3 Å². The number of aliphatic hydroxyl groups excluding tert-OH is 1. The summed E-state index contributed by atoms with van der Waals surface area (Å²) in [5, 5.41) is 11.3. The maximum atomic E-state index is 12.6. The Morgan fingerprint density at radius 1 is 1.28 bits per heavy atom. The molecule has 2 fully saturated rings. The van der Waals surface area contributed by atoms with E-state index >= 15 is 0 Å². The molecule has 0 aromatic heterocycles. The summed E-state index contributed by atoms with van der Waals surface area (Å²) in [4.78, 5) is 24.2. The second-order valence-electron chi connectivity index (χ2n) is 8.85. The standard InChI is InChI=1S/C23H28O6/c1-14-9-10-22(3)18(11-14)29-19-17(28-15(2)24)12-23(22,20(19)25)13-27-21(26)16-7-5-4-6-8-16/h4-8,11,17-20,25H,9-10,12-13H2,1-3H3/t17-,18-,19-,20-,22+,23-/m1/s1. The van der Waals surface area contributed by atoms with Gasteiger partial charge in [-0.05, 0) is 38.3 Å². The van der Waals surface area contributed by atoms with Crippen LogP contribution in [0.25, 0.3) is 0 Å². The molecule has 6 heteroatoms. The van der Waals surface area contributed by atoms with Gasteiger partial charge in [0.15, 0.2) is 0 Å². The maximum Gasteiger partial charge on any atom is 0.338 e. The van der Waals surface area contributed by atoms with Gasteiger partial charge < -0.3 is 19.3 Å². The van der Waals surface area contributed by atoms with Crippen molar-refractivity contribution in [3.63, 3.8) is 0 Å². The monoisotopic (exact) mass is 400 g/mol. The van der Waals surface area contributed by atoms with Gasteiger partial charge in [0.25, 0.3) is 0 Å². The van der Waals surface area contributed by atoms with Gasteiger partial charge in [0, 0.05) is 17.8 Å². The lowest BCUT2D eigenvalue weighted by atomic mass is 9.54. The van der Waals surface area contributed by atoms with E-state index < -0.39 is 41.1 Å². The summed E-state index contributed by atoms with van der Waals surface area (Å²) in [6.45, 7) is 5.57. The molecule has 1 saturated heterocycles. The molecule has 1 N–H and O–H groups in total. The summed E-state index contributed by atoms with van der Waals surface area (Å²) < 4.78 is 17.5. The fourth-order valence-corrected chi connectivity index (χ4v) is 5.35. The highest BCUT2D eigenvalue weighted by molar-refractivity contribution is 5.89. The first kappa shape index (κ1) is 20.1. The molecule has 1 aromatic rings. The Balaban J connectivity index is 1.66. The Morgan fingerprint density at radius 2 is 2.00 bits per heavy atom. The molecule has 29 heavy (non-hydrogen) atoms. The Kier molecular flexibility index (Phi) is 5.03. The van der Waals surface area contributed by atoms with Crippen LogP contribution in [0.5, 0.6) is 0 Å². The molecule has 4 rings (SSSR count). The lowest BCUT2D eigenvalue weighted by molar-refractivity contribution is -0.231. The van der Waals surface area contributed by atoms with Crippen molar-refractivity contribution in [2.45, 2.75) is 64.4 Å². The number of ether oxygens (including phenoxy) is 3. The highest BCUT2D eigenvalue weighted by Gasteiger charge is 2.70. The number of fused-ring (bicyclic) bond motifs is 4. The van der Waals surface area contributed by atoms with E-state index in [1.165, 1.54) is 12.5 Å². The number of allylic oxidation sites excluding steroid dienone is 1. The average Bonchev–Trinajstić information content (AvgIpc) is 2.89. The minimum Gasteiger partial charge on any atom is -0.461 e. The van der Waals surface area contributed by atoms with Crippen LogP contribution in [0.4, 0.5) is 0 Å². The fraction of sp³-hybridized carbons (Fsp3) is 0.565. The maximum absolute atomic E-state index is 12.6. The summed E-state index contributed by atoms with van der Waals surface area (Å²) in [5.74, 6) is -0.830. The number of hydrogen-bond donors (Lipinski definition) is 1. The molecule has 1 saturated carbocycles. The first-order valence-corrected chi connectivity index (χ1v) is 10.2. The zero-order chi connectivity index (χ0) is 20.8. The summed E-state index contributed by atoms with van der Waals surface area (Å²) in [7, 11) is 0.